The molecule has 3 heteroatoms. The predicted molar refractivity (Wildman–Crippen MR) is 137 cm³/mol. The lowest BCUT2D eigenvalue weighted by molar-refractivity contribution is -0.150. The fourth-order valence-electron chi connectivity index (χ4n) is 3.51. The normalized spacial score (nSPS) is 12.3. The molecule has 32 heavy (non-hydrogen) atoms. The molecule has 1 aromatic rings. The average molecular weight is 442 g/mol. The van der Waals surface area contributed by atoms with Gasteiger partial charge in [0.25, 0.3) is 0 Å². The highest BCUT2D eigenvalue weighted by Crippen LogP contribution is 2.13. The van der Waals surface area contributed by atoms with Crippen molar-refractivity contribution in [1.29, 1.82) is 0 Å². The summed E-state index contributed by atoms with van der Waals surface area (Å²) in [5.41, 5.74) is 1.12. The van der Waals surface area contributed by atoms with Gasteiger partial charge in [0, 0.05) is 6.54 Å². The Morgan fingerprint density at radius 1 is 0.875 bits per heavy atom. The van der Waals surface area contributed by atoms with E-state index < -0.39 is 5.60 Å². The molecule has 0 radical (unpaired) electrons. The Morgan fingerprint density at radius 2 is 1.44 bits per heavy atom. The smallest absolute Gasteiger partial charge is 0.354 e. The number of carbonyl (C=O) groups excluding carboxylic acids is 1. The van der Waals surface area contributed by atoms with Gasteiger partial charge < -0.3 is 10.1 Å². The first-order valence-corrected chi connectivity index (χ1v) is 12.8. The van der Waals surface area contributed by atoms with Gasteiger partial charge in [-0.3, -0.25) is 0 Å². The second-order valence-electron chi connectivity index (χ2n) is 9.67. The molecule has 0 atom stereocenters. The molecule has 0 unspecified atom stereocenters. The van der Waals surface area contributed by atoms with Crippen molar-refractivity contribution < 1.29 is 9.53 Å². The summed E-state index contributed by atoms with van der Waals surface area (Å²) in [6.45, 7) is 8.54. The lowest BCUT2D eigenvalue weighted by Gasteiger charge is -2.21. The molecule has 0 spiro atoms. The minimum atomic E-state index is -0.510. The van der Waals surface area contributed by atoms with Gasteiger partial charge in [0.1, 0.15) is 11.3 Å². The van der Waals surface area contributed by atoms with Crippen molar-refractivity contribution in [2.24, 2.45) is 0 Å². The van der Waals surface area contributed by atoms with Crippen LogP contribution in [0.1, 0.15) is 110 Å². The molecule has 180 valence electrons. The van der Waals surface area contributed by atoms with Crippen LogP contribution in [0.25, 0.3) is 0 Å². The van der Waals surface area contributed by atoms with E-state index in [1.165, 1.54) is 70.6 Å². The predicted octanol–water partition coefficient (Wildman–Crippen LogP) is 8.26. The van der Waals surface area contributed by atoms with Crippen molar-refractivity contribution >= 4 is 5.97 Å². The third-order valence-corrected chi connectivity index (χ3v) is 5.32. The van der Waals surface area contributed by atoms with Gasteiger partial charge in [-0.15, -0.1) is 0 Å². The van der Waals surface area contributed by atoms with Gasteiger partial charge in [0.05, 0.1) is 0 Å². The molecule has 1 N–H and O–H groups in total. The topological polar surface area (TPSA) is 38.3 Å². The monoisotopic (exact) mass is 441 g/mol. The van der Waals surface area contributed by atoms with E-state index in [-0.39, 0.29) is 5.97 Å². The van der Waals surface area contributed by atoms with Gasteiger partial charge >= 0.3 is 5.97 Å². The lowest BCUT2D eigenvalue weighted by atomic mass is 10.1. The molecule has 0 aliphatic heterocycles. The van der Waals surface area contributed by atoms with Gasteiger partial charge in [-0.2, -0.15) is 0 Å². The number of carbonyl (C=O) groups is 1. The van der Waals surface area contributed by atoms with Crippen molar-refractivity contribution in [2.75, 3.05) is 0 Å². The lowest BCUT2D eigenvalue weighted by Crippen LogP contribution is -2.29. The molecule has 0 saturated heterocycles. The summed E-state index contributed by atoms with van der Waals surface area (Å²) in [4.78, 5) is 12.6. The molecule has 0 saturated carbocycles. The largest absolute Gasteiger partial charge is 0.455 e. The summed E-state index contributed by atoms with van der Waals surface area (Å²) in [5, 5.41) is 3.24. The van der Waals surface area contributed by atoms with Crippen molar-refractivity contribution in [3.05, 3.63) is 59.8 Å². The maximum atomic E-state index is 12.6. The number of esters is 1. The van der Waals surface area contributed by atoms with E-state index in [0.29, 0.717) is 12.2 Å². The van der Waals surface area contributed by atoms with Crippen LogP contribution >= 0.6 is 0 Å². The van der Waals surface area contributed by atoms with Crippen LogP contribution in [0.5, 0.6) is 0 Å². The molecule has 1 rings (SSSR count). The third-order valence-electron chi connectivity index (χ3n) is 5.32. The Morgan fingerprint density at radius 3 is 2.00 bits per heavy atom. The standard InChI is InChI=1S/C29H47NO2/c1-5-6-7-8-9-10-11-12-13-14-15-16-17-21-24-27(28(31)32-29(2,3)4)30-25-26-22-19-18-20-23-26/h17-24,30H,5-16,25H2,1-4H3/b21-17+,27-24-. The number of rotatable bonds is 17. The zero-order valence-corrected chi connectivity index (χ0v) is 21.1. The summed E-state index contributed by atoms with van der Waals surface area (Å²) in [6, 6.07) is 10.1. The fourth-order valence-corrected chi connectivity index (χ4v) is 3.51. The number of unbranched alkanes of at least 4 members (excludes halogenated alkanes) is 11. The number of hydrogen-bond donors (Lipinski definition) is 1. The first-order valence-electron chi connectivity index (χ1n) is 12.8. The van der Waals surface area contributed by atoms with Crippen LogP contribution < -0.4 is 5.32 Å². The molecule has 0 fully saturated rings. The van der Waals surface area contributed by atoms with E-state index in [2.05, 4.69) is 18.3 Å². The van der Waals surface area contributed by atoms with E-state index in [1.54, 1.807) is 0 Å². The van der Waals surface area contributed by atoms with E-state index >= 15 is 0 Å². The Bertz CT molecular complexity index is 655. The van der Waals surface area contributed by atoms with Gasteiger partial charge in [0.2, 0.25) is 0 Å². The Balaban J connectivity index is 2.30. The first-order chi connectivity index (χ1) is 15.4. The number of hydrogen-bond acceptors (Lipinski definition) is 3. The summed E-state index contributed by atoms with van der Waals surface area (Å²) in [6.07, 6.45) is 22.0. The van der Waals surface area contributed by atoms with E-state index in [9.17, 15) is 4.79 Å². The maximum Gasteiger partial charge on any atom is 0.354 e. The second kappa shape index (κ2) is 17.5. The third kappa shape index (κ3) is 15.7. The first kappa shape index (κ1) is 28.0. The van der Waals surface area contributed by atoms with Gasteiger partial charge in [-0.25, -0.2) is 4.79 Å². The summed E-state index contributed by atoms with van der Waals surface area (Å²) in [7, 11) is 0. The van der Waals surface area contributed by atoms with E-state index in [1.807, 2.05) is 63.3 Å². The summed E-state index contributed by atoms with van der Waals surface area (Å²) < 4.78 is 5.55. The number of nitrogens with one attached hydrogen (secondary N) is 1. The van der Waals surface area contributed by atoms with Crippen LogP contribution in [0.3, 0.4) is 0 Å². The summed E-state index contributed by atoms with van der Waals surface area (Å²) in [5.74, 6) is -0.312. The highest BCUT2D eigenvalue weighted by atomic mass is 16.6. The molecule has 1 aromatic carbocycles. The number of benzene rings is 1. The molecule has 0 bridgehead atoms. The number of allylic oxidation sites excluding steroid dienone is 3. The van der Waals surface area contributed by atoms with E-state index in [4.69, 9.17) is 4.74 Å². The quantitative estimate of drug-likeness (QED) is 0.114. The molecule has 3 nitrogen and oxygen atoms in total. The minimum absolute atomic E-state index is 0.312. The molecule has 0 aliphatic carbocycles. The average Bonchev–Trinajstić information content (AvgIpc) is 2.75. The Labute approximate surface area is 197 Å². The number of ether oxygens (including phenoxy) is 1. The minimum Gasteiger partial charge on any atom is -0.455 e. The molecular weight excluding hydrogens is 394 g/mol. The zero-order valence-electron chi connectivity index (χ0n) is 21.1. The van der Waals surface area contributed by atoms with Crippen LogP contribution in [-0.4, -0.2) is 11.6 Å². The van der Waals surface area contributed by atoms with Gasteiger partial charge in [-0.1, -0.05) is 114 Å². The maximum absolute atomic E-state index is 12.6. The SMILES string of the molecule is CCCCCCCCCCCCC/C=C/C=C(\NCc1ccccc1)C(=O)OC(C)(C)C. The Kier molecular flexibility index (Phi) is 15.3. The van der Waals surface area contributed by atoms with Crippen LogP contribution in [-0.2, 0) is 16.1 Å². The van der Waals surface area contributed by atoms with E-state index in [0.717, 1.165) is 12.0 Å². The van der Waals surface area contributed by atoms with Crippen LogP contribution in [0.4, 0.5) is 0 Å². The fraction of sp³-hybridized carbons (Fsp3) is 0.621. The van der Waals surface area contributed by atoms with Gasteiger partial charge in [0.15, 0.2) is 0 Å². The molecular formula is C29H47NO2. The highest BCUT2D eigenvalue weighted by Gasteiger charge is 2.19. The Hall–Kier alpha value is -2.03. The van der Waals surface area contributed by atoms with Crippen molar-refractivity contribution in [1.82, 2.24) is 5.32 Å². The van der Waals surface area contributed by atoms with Crippen molar-refractivity contribution in [2.45, 2.75) is 117 Å². The van der Waals surface area contributed by atoms with Crippen LogP contribution in [0.15, 0.2) is 54.3 Å². The second-order valence-corrected chi connectivity index (χ2v) is 9.67. The van der Waals surface area contributed by atoms with Crippen molar-refractivity contribution in [3.8, 4) is 0 Å². The van der Waals surface area contributed by atoms with Gasteiger partial charge in [-0.05, 0) is 45.3 Å². The van der Waals surface area contributed by atoms with Crippen molar-refractivity contribution in [3.63, 3.8) is 0 Å². The van der Waals surface area contributed by atoms with Crippen LogP contribution in [0, 0.1) is 0 Å². The van der Waals surface area contributed by atoms with Crippen LogP contribution in [0.2, 0.25) is 0 Å². The zero-order chi connectivity index (χ0) is 23.5. The highest BCUT2D eigenvalue weighted by molar-refractivity contribution is 5.88. The molecule has 0 aromatic heterocycles. The summed E-state index contributed by atoms with van der Waals surface area (Å²) >= 11 is 0. The molecule has 0 amide bonds. The molecule has 0 heterocycles. The molecule has 0 aliphatic rings.